The van der Waals surface area contributed by atoms with Gasteiger partial charge in [-0.1, -0.05) is 13.3 Å². The Kier molecular flexibility index (Phi) is 5.99. The summed E-state index contributed by atoms with van der Waals surface area (Å²) in [5.74, 6) is 0.152. The molecule has 2 heterocycles. The number of nitrogens with zero attached hydrogens (tertiary/aromatic N) is 2. The van der Waals surface area contributed by atoms with Gasteiger partial charge in [-0.25, -0.2) is 0 Å². The number of aromatic nitrogens is 1. The number of carbonyl (C=O) groups is 1. The highest BCUT2D eigenvalue weighted by atomic mass is 16.1. The van der Waals surface area contributed by atoms with E-state index in [0.717, 1.165) is 31.6 Å². The summed E-state index contributed by atoms with van der Waals surface area (Å²) in [7, 11) is 0. The Hall–Kier alpha value is -1.42. The number of nitrogens with one attached hydrogen (secondary N) is 1. The van der Waals surface area contributed by atoms with Crippen LogP contribution in [0.4, 0.5) is 0 Å². The van der Waals surface area contributed by atoms with Crippen LogP contribution in [0.1, 0.15) is 50.6 Å². The van der Waals surface area contributed by atoms with Crippen molar-refractivity contribution in [3.8, 4) is 0 Å². The monoisotopic (exact) mass is 275 g/mol. The summed E-state index contributed by atoms with van der Waals surface area (Å²) in [6.45, 7) is 5.28. The number of hydrogen-bond acceptors (Lipinski definition) is 3. The topological polar surface area (TPSA) is 45.2 Å². The Morgan fingerprint density at radius 2 is 2.00 bits per heavy atom. The van der Waals surface area contributed by atoms with Gasteiger partial charge in [-0.05, 0) is 50.0 Å². The molecule has 1 atom stereocenters. The Morgan fingerprint density at radius 3 is 2.65 bits per heavy atom. The summed E-state index contributed by atoms with van der Waals surface area (Å²) in [5.41, 5.74) is 1.13. The quantitative estimate of drug-likeness (QED) is 0.867. The largest absolute Gasteiger partial charge is 0.349 e. The Balaban J connectivity index is 1.77. The molecule has 0 unspecified atom stereocenters. The first-order valence-corrected chi connectivity index (χ1v) is 7.71. The number of pyridine rings is 1. The minimum Gasteiger partial charge on any atom is -0.349 e. The van der Waals surface area contributed by atoms with Gasteiger partial charge in [0, 0.05) is 25.4 Å². The molecule has 0 spiro atoms. The van der Waals surface area contributed by atoms with E-state index in [-0.39, 0.29) is 11.9 Å². The number of piperidine rings is 1. The van der Waals surface area contributed by atoms with Crippen LogP contribution in [0.25, 0.3) is 0 Å². The first-order chi connectivity index (χ1) is 9.79. The Morgan fingerprint density at radius 1 is 1.30 bits per heavy atom. The van der Waals surface area contributed by atoms with E-state index in [2.05, 4.69) is 22.1 Å². The van der Waals surface area contributed by atoms with Crippen molar-refractivity contribution in [2.45, 2.75) is 45.1 Å². The highest BCUT2D eigenvalue weighted by molar-refractivity contribution is 5.76. The molecule has 0 aromatic carbocycles. The maximum Gasteiger partial charge on any atom is 0.221 e. The van der Waals surface area contributed by atoms with E-state index in [9.17, 15) is 4.79 Å². The molecule has 1 N–H and O–H groups in total. The molecule has 2 rings (SSSR count). The van der Waals surface area contributed by atoms with E-state index in [1.807, 2.05) is 12.1 Å². The highest BCUT2D eigenvalue weighted by Crippen LogP contribution is 2.15. The van der Waals surface area contributed by atoms with Crippen LogP contribution in [0.2, 0.25) is 0 Å². The summed E-state index contributed by atoms with van der Waals surface area (Å²) >= 11 is 0. The summed E-state index contributed by atoms with van der Waals surface area (Å²) < 4.78 is 0. The minimum absolute atomic E-state index is 0.104. The lowest BCUT2D eigenvalue weighted by Gasteiger charge is -2.26. The van der Waals surface area contributed by atoms with Crippen molar-refractivity contribution in [3.63, 3.8) is 0 Å². The standard InChI is InChI=1S/C16H25N3O/c1-2-15(14-6-9-17-10-7-14)18-16(20)8-13-19-11-4-3-5-12-19/h6-7,9-10,15H,2-5,8,11-13H2,1H3,(H,18,20)/t15-/m1/s1. The van der Waals surface area contributed by atoms with Crippen LogP contribution < -0.4 is 5.32 Å². The molecule has 1 aliphatic heterocycles. The molecule has 0 saturated carbocycles. The van der Waals surface area contributed by atoms with Crippen LogP contribution in [-0.4, -0.2) is 35.4 Å². The maximum atomic E-state index is 12.1. The maximum absolute atomic E-state index is 12.1. The van der Waals surface area contributed by atoms with Gasteiger partial charge in [0.1, 0.15) is 0 Å². The van der Waals surface area contributed by atoms with Crippen molar-refractivity contribution < 1.29 is 4.79 Å². The van der Waals surface area contributed by atoms with E-state index >= 15 is 0 Å². The molecule has 1 aromatic rings. The van der Waals surface area contributed by atoms with E-state index < -0.39 is 0 Å². The molecule has 1 aromatic heterocycles. The van der Waals surface area contributed by atoms with Crippen molar-refractivity contribution in [1.82, 2.24) is 15.2 Å². The van der Waals surface area contributed by atoms with Crippen LogP contribution in [-0.2, 0) is 4.79 Å². The summed E-state index contributed by atoms with van der Waals surface area (Å²) in [6, 6.07) is 4.05. The van der Waals surface area contributed by atoms with Gasteiger partial charge in [0.05, 0.1) is 6.04 Å². The second-order valence-electron chi connectivity index (χ2n) is 5.46. The average molecular weight is 275 g/mol. The minimum atomic E-state index is 0.104. The smallest absolute Gasteiger partial charge is 0.221 e. The Bertz CT molecular complexity index is 401. The summed E-state index contributed by atoms with van der Waals surface area (Å²) in [6.07, 6.45) is 8.94. The third-order valence-electron chi connectivity index (χ3n) is 3.96. The fourth-order valence-corrected chi connectivity index (χ4v) is 2.73. The summed E-state index contributed by atoms with van der Waals surface area (Å²) in [4.78, 5) is 18.5. The van der Waals surface area contributed by atoms with Gasteiger partial charge in [-0.15, -0.1) is 0 Å². The zero-order chi connectivity index (χ0) is 14.2. The fourth-order valence-electron chi connectivity index (χ4n) is 2.73. The van der Waals surface area contributed by atoms with Gasteiger partial charge >= 0.3 is 0 Å². The zero-order valence-electron chi connectivity index (χ0n) is 12.3. The first-order valence-electron chi connectivity index (χ1n) is 7.71. The lowest BCUT2D eigenvalue weighted by atomic mass is 10.1. The molecule has 1 amide bonds. The van der Waals surface area contributed by atoms with E-state index in [1.54, 1.807) is 12.4 Å². The van der Waals surface area contributed by atoms with Gasteiger partial charge < -0.3 is 10.2 Å². The lowest BCUT2D eigenvalue weighted by Crippen LogP contribution is -2.35. The second-order valence-corrected chi connectivity index (χ2v) is 5.46. The number of carbonyl (C=O) groups excluding carboxylic acids is 1. The molecule has 0 aliphatic carbocycles. The molecular formula is C16H25N3O. The number of likely N-dealkylation sites (tertiary alicyclic amines) is 1. The molecule has 1 fully saturated rings. The second kappa shape index (κ2) is 8.00. The predicted octanol–water partition coefficient (Wildman–Crippen LogP) is 2.52. The van der Waals surface area contributed by atoms with E-state index in [1.165, 1.54) is 19.3 Å². The zero-order valence-corrected chi connectivity index (χ0v) is 12.3. The molecule has 1 saturated heterocycles. The van der Waals surface area contributed by atoms with Crippen molar-refractivity contribution in [2.75, 3.05) is 19.6 Å². The number of amides is 1. The number of rotatable bonds is 6. The first kappa shape index (κ1) is 15.0. The average Bonchev–Trinajstić information content (AvgIpc) is 2.52. The van der Waals surface area contributed by atoms with Crippen LogP contribution in [0, 0.1) is 0 Å². The van der Waals surface area contributed by atoms with Crippen LogP contribution in [0.3, 0.4) is 0 Å². The molecular weight excluding hydrogens is 250 g/mol. The van der Waals surface area contributed by atoms with Crippen LogP contribution in [0.15, 0.2) is 24.5 Å². The third-order valence-corrected chi connectivity index (χ3v) is 3.96. The highest BCUT2D eigenvalue weighted by Gasteiger charge is 2.15. The normalized spacial score (nSPS) is 17.6. The van der Waals surface area contributed by atoms with Crippen LogP contribution >= 0.6 is 0 Å². The van der Waals surface area contributed by atoms with Gasteiger partial charge in [-0.2, -0.15) is 0 Å². The summed E-state index contributed by atoms with van der Waals surface area (Å²) in [5, 5.41) is 3.13. The van der Waals surface area contributed by atoms with Crippen molar-refractivity contribution >= 4 is 5.91 Å². The predicted molar refractivity (Wildman–Crippen MR) is 80.3 cm³/mol. The molecule has 0 bridgehead atoms. The van der Waals surface area contributed by atoms with Gasteiger partial charge in [0.2, 0.25) is 5.91 Å². The van der Waals surface area contributed by atoms with Gasteiger partial charge in [0.15, 0.2) is 0 Å². The van der Waals surface area contributed by atoms with Crippen molar-refractivity contribution in [3.05, 3.63) is 30.1 Å². The molecule has 110 valence electrons. The van der Waals surface area contributed by atoms with Gasteiger partial charge in [-0.3, -0.25) is 9.78 Å². The molecule has 4 heteroatoms. The third kappa shape index (κ3) is 4.60. The molecule has 1 aliphatic rings. The van der Waals surface area contributed by atoms with Crippen molar-refractivity contribution in [1.29, 1.82) is 0 Å². The van der Waals surface area contributed by atoms with E-state index in [4.69, 9.17) is 0 Å². The van der Waals surface area contributed by atoms with E-state index in [0.29, 0.717) is 6.42 Å². The Labute approximate surface area is 121 Å². The molecule has 0 radical (unpaired) electrons. The fraction of sp³-hybridized carbons (Fsp3) is 0.625. The molecule has 20 heavy (non-hydrogen) atoms. The van der Waals surface area contributed by atoms with Crippen LogP contribution in [0.5, 0.6) is 0 Å². The lowest BCUT2D eigenvalue weighted by molar-refractivity contribution is -0.122. The van der Waals surface area contributed by atoms with Gasteiger partial charge in [0.25, 0.3) is 0 Å². The number of hydrogen-bond donors (Lipinski definition) is 1. The van der Waals surface area contributed by atoms with Crippen molar-refractivity contribution in [2.24, 2.45) is 0 Å². The molecule has 4 nitrogen and oxygen atoms in total. The SMILES string of the molecule is CC[C@@H](NC(=O)CCN1CCCCC1)c1ccncc1.